The number of aromatic carboxylic acids is 1. The van der Waals surface area contributed by atoms with Gasteiger partial charge in [0.1, 0.15) is 6.10 Å². The smallest absolute Gasteiger partial charge is 0.335 e. The summed E-state index contributed by atoms with van der Waals surface area (Å²) in [5.74, 6) is -1.09. The molecule has 0 bridgehead atoms. The standard InChI is InChI=1S/C19H21NO4/c1-3-20(4-2)18(22)14-10-8-13(9-11-14)17(21)15-6-5-7-16(12-15)19(23)24/h5-12,17,21H,3-4H2,1-2H3,(H,23,24). The summed E-state index contributed by atoms with van der Waals surface area (Å²) in [6.45, 7) is 5.13. The van der Waals surface area contributed by atoms with Crippen LogP contribution in [0.2, 0.25) is 0 Å². The minimum atomic E-state index is -1.04. The number of hydrogen-bond donors (Lipinski definition) is 2. The Hall–Kier alpha value is -2.66. The van der Waals surface area contributed by atoms with Gasteiger partial charge in [0.15, 0.2) is 0 Å². The van der Waals surface area contributed by atoms with Crippen LogP contribution in [0.4, 0.5) is 0 Å². The molecule has 0 aliphatic rings. The lowest BCUT2D eigenvalue weighted by Crippen LogP contribution is -2.30. The van der Waals surface area contributed by atoms with E-state index in [1.165, 1.54) is 12.1 Å². The fourth-order valence-corrected chi connectivity index (χ4v) is 2.54. The van der Waals surface area contributed by atoms with Gasteiger partial charge in [-0.1, -0.05) is 24.3 Å². The van der Waals surface area contributed by atoms with E-state index in [0.717, 1.165) is 0 Å². The molecule has 126 valence electrons. The van der Waals surface area contributed by atoms with Crippen LogP contribution in [0.15, 0.2) is 48.5 Å². The summed E-state index contributed by atoms with van der Waals surface area (Å²) in [6, 6.07) is 12.9. The zero-order valence-corrected chi connectivity index (χ0v) is 13.8. The van der Waals surface area contributed by atoms with Crippen molar-refractivity contribution in [1.29, 1.82) is 0 Å². The summed E-state index contributed by atoms with van der Waals surface area (Å²) in [5, 5.41) is 19.5. The van der Waals surface area contributed by atoms with Crippen LogP contribution < -0.4 is 0 Å². The minimum Gasteiger partial charge on any atom is -0.478 e. The second-order valence-electron chi connectivity index (χ2n) is 5.43. The predicted octanol–water partition coefficient (Wildman–Crippen LogP) is 2.95. The van der Waals surface area contributed by atoms with Crippen LogP contribution in [0.25, 0.3) is 0 Å². The quantitative estimate of drug-likeness (QED) is 0.855. The van der Waals surface area contributed by atoms with Crippen LogP contribution in [-0.4, -0.2) is 40.1 Å². The highest BCUT2D eigenvalue weighted by molar-refractivity contribution is 5.94. The third-order valence-electron chi connectivity index (χ3n) is 3.97. The SMILES string of the molecule is CCN(CC)C(=O)c1ccc(C(O)c2cccc(C(=O)O)c2)cc1. The number of carbonyl (C=O) groups excluding carboxylic acids is 1. The lowest BCUT2D eigenvalue weighted by Gasteiger charge is -2.19. The predicted molar refractivity (Wildman–Crippen MR) is 91.2 cm³/mol. The highest BCUT2D eigenvalue weighted by atomic mass is 16.4. The first-order valence-corrected chi connectivity index (χ1v) is 7.88. The van der Waals surface area contributed by atoms with E-state index in [9.17, 15) is 14.7 Å². The average Bonchev–Trinajstić information content (AvgIpc) is 2.62. The van der Waals surface area contributed by atoms with Crippen molar-refractivity contribution in [2.24, 2.45) is 0 Å². The van der Waals surface area contributed by atoms with Crippen LogP contribution in [-0.2, 0) is 0 Å². The third kappa shape index (κ3) is 3.81. The Kier molecular flexibility index (Phi) is 5.71. The van der Waals surface area contributed by atoms with Crippen molar-refractivity contribution < 1.29 is 19.8 Å². The zero-order chi connectivity index (χ0) is 17.7. The molecule has 0 saturated heterocycles. The van der Waals surface area contributed by atoms with Gasteiger partial charge in [0.05, 0.1) is 5.56 Å². The van der Waals surface area contributed by atoms with Gasteiger partial charge in [0, 0.05) is 18.7 Å². The Morgan fingerprint density at radius 2 is 1.58 bits per heavy atom. The first-order chi connectivity index (χ1) is 11.5. The molecule has 0 spiro atoms. The largest absolute Gasteiger partial charge is 0.478 e. The van der Waals surface area contributed by atoms with E-state index in [0.29, 0.717) is 29.8 Å². The van der Waals surface area contributed by atoms with Gasteiger partial charge in [0.25, 0.3) is 5.91 Å². The Labute approximate surface area is 141 Å². The summed E-state index contributed by atoms with van der Waals surface area (Å²) >= 11 is 0. The number of carbonyl (C=O) groups is 2. The summed E-state index contributed by atoms with van der Waals surface area (Å²) < 4.78 is 0. The zero-order valence-electron chi connectivity index (χ0n) is 13.8. The maximum Gasteiger partial charge on any atom is 0.335 e. The van der Waals surface area contributed by atoms with E-state index >= 15 is 0 Å². The van der Waals surface area contributed by atoms with E-state index in [-0.39, 0.29) is 11.5 Å². The van der Waals surface area contributed by atoms with Crippen molar-refractivity contribution in [3.8, 4) is 0 Å². The molecule has 0 aromatic heterocycles. The van der Waals surface area contributed by atoms with E-state index in [4.69, 9.17) is 5.11 Å². The summed E-state index contributed by atoms with van der Waals surface area (Å²) in [6.07, 6.45) is -0.943. The second kappa shape index (κ2) is 7.75. The highest BCUT2D eigenvalue weighted by Crippen LogP contribution is 2.23. The monoisotopic (exact) mass is 327 g/mol. The Balaban J connectivity index is 2.22. The van der Waals surface area contributed by atoms with Crippen molar-refractivity contribution in [3.63, 3.8) is 0 Å². The molecule has 1 atom stereocenters. The fraction of sp³-hybridized carbons (Fsp3) is 0.263. The summed E-state index contributed by atoms with van der Waals surface area (Å²) in [5.41, 5.74) is 1.79. The van der Waals surface area contributed by atoms with E-state index in [1.807, 2.05) is 13.8 Å². The van der Waals surface area contributed by atoms with Gasteiger partial charge in [-0.05, 0) is 49.2 Å². The van der Waals surface area contributed by atoms with Crippen LogP contribution in [0.5, 0.6) is 0 Å². The van der Waals surface area contributed by atoms with E-state index in [1.54, 1.807) is 41.3 Å². The summed E-state index contributed by atoms with van der Waals surface area (Å²) in [4.78, 5) is 25.0. The number of carboxylic acid groups (broad SMARTS) is 1. The molecule has 5 heteroatoms. The number of amides is 1. The maximum absolute atomic E-state index is 12.3. The molecule has 0 heterocycles. The molecule has 2 aromatic rings. The molecule has 0 saturated carbocycles. The van der Waals surface area contributed by atoms with Crippen molar-refractivity contribution in [2.75, 3.05) is 13.1 Å². The lowest BCUT2D eigenvalue weighted by atomic mass is 9.98. The van der Waals surface area contributed by atoms with Gasteiger partial charge in [0.2, 0.25) is 0 Å². The first kappa shape index (κ1) is 17.7. The maximum atomic E-state index is 12.3. The Morgan fingerprint density at radius 3 is 2.12 bits per heavy atom. The number of hydrogen-bond acceptors (Lipinski definition) is 3. The van der Waals surface area contributed by atoms with Crippen molar-refractivity contribution in [3.05, 3.63) is 70.8 Å². The number of carboxylic acids is 1. The molecule has 0 aliphatic carbocycles. The van der Waals surface area contributed by atoms with Gasteiger partial charge in [-0.15, -0.1) is 0 Å². The molecule has 24 heavy (non-hydrogen) atoms. The molecule has 1 unspecified atom stereocenters. The van der Waals surface area contributed by atoms with Crippen molar-refractivity contribution in [2.45, 2.75) is 20.0 Å². The van der Waals surface area contributed by atoms with Gasteiger partial charge in [-0.3, -0.25) is 4.79 Å². The highest BCUT2D eigenvalue weighted by Gasteiger charge is 2.15. The van der Waals surface area contributed by atoms with Crippen LogP contribution in [0.1, 0.15) is 51.8 Å². The van der Waals surface area contributed by atoms with Crippen LogP contribution in [0, 0.1) is 0 Å². The van der Waals surface area contributed by atoms with E-state index < -0.39 is 12.1 Å². The number of rotatable bonds is 6. The summed E-state index contributed by atoms with van der Waals surface area (Å²) in [7, 11) is 0. The number of nitrogens with zero attached hydrogens (tertiary/aromatic N) is 1. The fourth-order valence-electron chi connectivity index (χ4n) is 2.54. The van der Waals surface area contributed by atoms with Gasteiger partial charge >= 0.3 is 5.97 Å². The van der Waals surface area contributed by atoms with E-state index in [2.05, 4.69) is 0 Å². The number of benzene rings is 2. The molecule has 2 aromatic carbocycles. The van der Waals surface area contributed by atoms with Gasteiger partial charge < -0.3 is 15.1 Å². The molecule has 0 radical (unpaired) electrons. The average molecular weight is 327 g/mol. The molecule has 0 fully saturated rings. The lowest BCUT2D eigenvalue weighted by molar-refractivity contribution is 0.0695. The third-order valence-corrected chi connectivity index (χ3v) is 3.97. The molecule has 2 N–H and O–H groups in total. The Bertz CT molecular complexity index is 720. The van der Waals surface area contributed by atoms with Crippen LogP contribution >= 0.6 is 0 Å². The van der Waals surface area contributed by atoms with Gasteiger partial charge in [-0.2, -0.15) is 0 Å². The topological polar surface area (TPSA) is 77.8 Å². The second-order valence-corrected chi connectivity index (χ2v) is 5.43. The van der Waals surface area contributed by atoms with Crippen molar-refractivity contribution in [1.82, 2.24) is 4.90 Å². The minimum absolute atomic E-state index is 0.0473. The molecule has 2 rings (SSSR count). The van der Waals surface area contributed by atoms with Gasteiger partial charge in [-0.25, -0.2) is 4.79 Å². The van der Waals surface area contributed by atoms with Crippen LogP contribution in [0.3, 0.4) is 0 Å². The molecule has 5 nitrogen and oxygen atoms in total. The number of aliphatic hydroxyl groups is 1. The molecular weight excluding hydrogens is 306 g/mol. The van der Waals surface area contributed by atoms with Crippen molar-refractivity contribution >= 4 is 11.9 Å². The molecular formula is C19H21NO4. The first-order valence-electron chi connectivity index (χ1n) is 7.88. The normalized spacial score (nSPS) is 11.8. The Morgan fingerprint density at radius 1 is 0.958 bits per heavy atom. The molecule has 0 aliphatic heterocycles. The number of aliphatic hydroxyl groups excluding tert-OH is 1. The molecule has 1 amide bonds.